The molecule has 23 heavy (non-hydrogen) atoms. The second kappa shape index (κ2) is 8.26. The van der Waals surface area contributed by atoms with E-state index in [1.54, 1.807) is 12.1 Å². The van der Waals surface area contributed by atoms with Gasteiger partial charge in [-0.25, -0.2) is 0 Å². The normalized spacial score (nSPS) is 15.9. The molecular weight excluding hydrogens is 296 g/mol. The maximum atomic E-state index is 10.7. The minimum absolute atomic E-state index is 0.00599. The van der Waals surface area contributed by atoms with Gasteiger partial charge in [-0.05, 0) is 37.8 Å². The van der Waals surface area contributed by atoms with Crippen molar-refractivity contribution in [3.8, 4) is 5.75 Å². The highest BCUT2D eigenvalue weighted by Gasteiger charge is 2.30. The molecule has 6 heteroatoms. The van der Waals surface area contributed by atoms with Crippen molar-refractivity contribution < 1.29 is 14.8 Å². The van der Waals surface area contributed by atoms with Crippen LogP contribution in [0.3, 0.4) is 0 Å². The summed E-state index contributed by atoms with van der Waals surface area (Å²) in [6.07, 6.45) is 2.93. The summed E-state index contributed by atoms with van der Waals surface area (Å²) in [5.74, 6) is 1.06. The SMILES string of the molecule is CC(C)CCN(CC(O)COc1cccc([N+](=O)[O-])c1)C1CC1. The molecule has 1 N–H and O–H groups in total. The number of rotatable bonds is 10. The van der Waals surface area contributed by atoms with Crippen LogP contribution in [0.4, 0.5) is 5.69 Å². The number of nitro groups is 1. The van der Waals surface area contributed by atoms with Crippen molar-refractivity contribution in [2.75, 3.05) is 19.7 Å². The Morgan fingerprint density at radius 1 is 1.43 bits per heavy atom. The molecule has 0 heterocycles. The Morgan fingerprint density at radius 3 is 2.78 bits per heavy atom. The van der Waals surface area contributed by atoms with Crippen molar-refractivity contribution in [2.24, 2.45) is 5.92 Å². The average molecular weight is 322 g/mol. The zero-order valence-electron chi connectivity index (χ0n) is 13.9. The number of hydrogen-bond donors (Lipinski definition) is 1. The minimum Gasteiger partial charge on any atom is -0.491 e. The minimum atomic E-state index is -0.595. The third kappa shape index (κ3) is 6.15. The van der Waals surface area contributed by atoms with Gasteiger partial charge in [-0.1, -0.05) is 19.9 Å². The molecule has 0 radical (unpaired) electrons. The molecule has 0 aromatic heterocycles. The molecular formula is C17H26N2O4. The Balaban J connectivity index is 1.80. The van der Waals surface area contributed by atoms with Gasteiger partial charge in [0.2, 0.25) is 0 Å². The Morgan fingerprint density at radius 2 is 2.17 bits per heavy atom. The summed E-state index contributed by atoms with van der Waals surface area (Å²) < 4.78 is 5.50. The second-order valence-corrected chi connectivity index (χ2v) is 6.63. The highest BCUT2D eigenvalue weighted by molar-refractivity contribution is 5.37. The first kappa shape index (κ1) is 17.7. The Kier molecular flexibility index (Phi) is 6.36. The first-order valence-corrected chi connectivity index (χ1v) is 8.25. The summed E-state index contributed by atoms with van der Waals surface area (Å²) in [4.78, 5) is 12.6. The number of ether oxygens (including phenoxy) is 1. The van der Waals surface area contributed by atoms with Crippen LogP contribution >= 0.6 is 0 Å². The number of nitro benzene ring substituents is 1. The Labute approximate surface area is 137 Å². The zero-order valence-corrected chi connectivity index (χ0v) is 13.9. The fourth-order valence-electron chi connectivity index (χ4n) is 2.49. The largest absolute Gasteiger partial charge is 0.491 e. The molecule has 0 aliphatic heterocycles. The van der Waals surface area contributed by atoms with E-state index in [0.29, 0.717) is 24.3 Å². The standard InChI is InChI=1S/C17H26N2O4/c1-13(2)8-9-18(14-6-7-14)11-16(20)12-23-17-5-3-4-15(10-17)19(21)22/h3-5,10,13-14,16,20H,6-9,11-12H2,1-2H3. The third-order valence-corrected chi connectivity index (χ3v) is 3.97. The van der Waals surface area contributed by atoms with Gasteiger partial charge in [0.1, 0.15) is 18.5 Å². The molecule has 0 saturated heterocycles. The van der Waals surface area contributed by atoms with Crippen molar-refractivity contribution in [1.82, 2.24) is 4.90 Å². The number of nitrogens with zero attached hydrogens (tertiary/aromatic N) is 2. The third-order valence-electron chi connectivity index (χ3n) is 3.97. The summed E-state index contributed by atoms with van der Waals surface area (Å²) in [5.41, 5.74) is -0.00599. The lowest BCUT2D eigenvalue weighted by Gasteiger charge is -2.25. The van der Waals surface area contributed by atoms with Crippen LogP contribution in [0.15, 0.2) is 24.3 Å². The molecule has 1 atom stereocenters. The average Bonchev–Trinajstić information content (AvgIpc) is 3.34. The van der Waals surface area contributed by atoms with Crippen LogP contribution < -0.4 is 4.74 Å². The predicted molar refractivity (Wildman–Crippen MR) is 88.6 cm³/mol. The summed E-state index contributed by atoms with van der Waals surface area (Å²) in [6.45, 7) is 6.13. The molecule has 0 bridgehead atoms. The predicted octanol–water partition coefficient (Wildman–Crippen LogP) is 2.85. The van der Waals surface area contributed by atoms with E-state index >= 15 is 0 Å². The van der Waals surface area contributed by atoms with Gasteiger partial charge in [0.15, 0.2) is 0 Å². The molecule has 1 fully saturated rings. The van der Waals surface area contributed by atoms with Crippen molar-refractivity contribution in [1.29, 1.82) is 0 Å². The monoisotopic (exact) mass is 322 g/mol. The van der Waals surface area contributed by atoms with E-state index in [1.165, 1.54) is 25.0 Å². The van der Waals surface area contributed by atoms with Gasteiger partial charge in [-0.15, -0.1) is 0 Å². The second-order valence-electron chi connectivity index (χ2n) is 6.63. The molecule has 6 nitrogen and oxygen atoms in total. The molecule has 0 amide bonds. The van der Waals surface area contributed by atoms with Crippen molar-refractivity contribution in [3.05, 3.63) is 34.4 Å². The van der Waals surface area contributed by atoms with Gasteiger partial charge in [-0.3, -0.25) is 15.0 Å². The fourth-order valence-corrected chi connectivity index (χ4v) is 2.49. The lowest BCUT2D eigenvalue weighted by molar-refractivity contribution is -0.384. The lowest BCUT2D eigenvalue weighted by atomic mass is 10.1. The van der Waals surface area contributed by atoms with Crippen molar-refractivity contribution in [2.45, 2.75) is 45.3 Å². The van der Waals surface area contributed by atoms with Crippen LogP contribution in [0.5, 0.6) is 5.75 Å². The van der Waals surface area contributed by atoms with Crippen molar-refractivity contribution in [3.63, 3.8) is 0 Å². The van der Waals surface area contributed by atoms with Gasteiger partial charge >= 0.3 is 0 Å². The molecule has 1 saturated carbocycles. The Bertz CT molecular complexity index is 517. The van der Waals surface area contributed by atoms with Crippen LogP contribution in [-0.2, 0) is 0 Å². The maximum absolute atomic E-state index is 10.7. The highest BCUT2D eigenvalue weighted by Crippen LogP contribution is 2.27. The lowest BCUT2D eigenvalue weighted by Crippen LogP contribution is -2.38. The molecule has 1 aromatic carbocycles. The van der Waals surface area contributed by atoms with E-state index < -0.39 is 11.0 Å². The molecule has 1 unspecified atom stereocenters. The molecule has 1 aliphatic rings. The number of aliphatic hydroxyl groups excluding tert-OH is 1. The fraction of sp³-hybridized carbons (Fsp3) is 0.647. The van der Waals surface area contributed by atoms with Crippen LogP contribution in [0.25, 0.3) is 0 Å². The maximum Gasteiger partial charge on any atom is 0.273 e. The van der Waals surface area contributed by atoms with Crippen molar-refractivity contribution >= 4 is 5.69 Å². The van der Waals surface area contributed by atoms with Gasteiger partial charge in [0.05, 0.1) is 11.0 Å². The summed E-state index contributed by atoms with van der Waals surface area (Å²) in [7, 11) is 0. The molecule has 0 spiro atoms. The molecule has 1 aromatic rings. The van der Waals surface area contributed by atoms with E-state index in [1.807, 2.05) is 0 Å². The van der Waals surface area contributed by atoms with Crippen LogP contribution in [-0.4, -0.2) is 46.8 Å². The topological polar surface area (TPSA) is 75.8 Å². The van der Waals surface area contributed by atoms with Crippen LogP contribution in [0, 0.1) is 16.0 Å². The zero-order chi connectivity index (χ0) is 16.8. The molecule has 128 valence electrons. The van der Waals surface area contributed by atoms with Crippen LogP contribution in [0.2, 0.25) is 0 Å². The van der Waals surface area contributed by atoms with E-state index in [4.69, 9.17) is 4.74 Å². The van der Waals surface area contributed by atoms with Gasteiger partial charge < -0.3 is 9.84 Å². The first-order valence-electron chi connectivity index (χ1n) is 8.25. The van der Waals surface area contributed by atoms with E-state index in [-0.39, 0.29) is 12.3 Å². The first-order chi connectivity index (χ1) is 11.0. The van der Waals surface area contributed by atoms with E-state index in [2.05, 4.69) is 18.7 Å². The molecule has 2 rings (SSSR count). The number of hydrogen-bond acceptors (Lipinski definition) is 5. The van der Waals surface area contributed by atoms with Gasteiger partial charge in [0.25, 0.3) is 5.69 Å². The summed E-state index contributed by atoms with van der Waals surface area (Å²) >= 11 is 0. The van der Waals surface area contributed by atoms with E-state index in [9.17, 15) is 15.2 Å². The number of non-ortho nitro benzene ring substituents is 1. The van der Waals surface area contributed by atoms with Gasteiger partial charge in [-0.2, -0.15) is 0 Å². The Hall–Kier alpha value is -1.66. The smallest absolute Gasteiger partial charge is 0.273 e. The van der Waals surface area contributed by atoms with Gasteiger partial charge in [0, 0.05) is 18.7 Å². The molecule has 1 aliphatic carbocycles. The number of aliphatic hydroxyl groups is 1. The summed E-state index contributed by atoms with van der Waals surface area (Å²) in [5, 5.41) is 20.9. The van der Waals surface area contributed by atoms with Crippen LogP contribution in [0.1, 0.15) is 33.1 Å². The quantitative estimate of drug-likeness (QED) is 0.529. The summed E-state index contributed by atoms with van der Waals surface area (Å²) in [6, 6.07) is 6.64. The van der Waals surface area contributed by atoms with E-state index in [0.717, 1.165) is 13.0 Å². The number of benzene rings is 1. The highest BCUT2D eigenvalue weighted by atomic mass is 16.6.